The second kappa shape index (κ2) is 5.93. The lowest BCUT2D eigenvalue weighted by Gasteiger charge is -2.14. The van der Waals surface area contributed by atoms with E-state index in [0.717, 1.165) is 5.56 Å². The van der Waals surface area contributed by atoms with Crippen LogP contribution in [0.2, 0.25) is 5.02 Å². The molecule has 0 aromatic heterocycles. The number of anilines is 1. The molecule has 0 aliphatic heterocycles. The number of hydrogen-bond donors (Lipinski definition) is 2. The summed E-state index contributed by atoms with van der Waals surface area (Å²) in [6.07, 6.45) is 0. The van der Waals surface area contributed by atoms with Crippen LogP contribution in [0.25, 0.3) is 0 Å². The number of methoxy groups -OCH3 is 1. The highest BCUT2D eigenvalue weighted by Gasteiger charge is 2.18. The quantitative estimate of drug-likeness (QED) is 0.841. The fourth-order valence-corrected chi connectivity index (χ4v) is 2.11. The van der Waals surface area contributed by atoms with Gasteiger partial charge in [0, 0.05) is 5.69 Å². The third-order valence-electron chi connectivity index (χ3n) is 2.83. The first kappa shape index (κ1) is 15.0. The van der Waals surface area contributed by atoms with Crippen LogP contribution in [0.1, 0.15) is 15.9 Å². The van der Waals surface area contributed by atoms with Crippen LogP contribution in [0, 0.1) is 6.92 Å². The molecular formula is C15H14ClNO4. The molecule has 2 aromatic carbocycles. The number of benzene rings is 2. The molecule has 5 nitrogen and oxygen atoms in total. The molecule has 3 N–H and O–H groups in total. The van der Waals surface area contributed by atoms with Crippen LogP contribution < -0.4 is 15.2 Å². The van der Waals surface area contributed by atoms with Crippen molar-refractivity contribution in [2.24, 2.45) is 0 Å². The zero-order chi connectivity index (χ0) is 15.6. The molecule has 0 atom stereocenters. The van der Waals surface area contributed by atoms with Crippen LogP contribution in [0.3, 0.4) is 0 Å². The van der Waals surface area contributed by atoms with E-state index in [1.807, 2.05) is 13.0 Å². The molecular weight excluding hydrogens is 294 g/mol. The highest BCUT2D eigenvalue weighted by Crippen LogP contribution is 2.38. The number of aryl methyl sites for hydroxylation is 1. The molecule has 0 aliphatic rings. The molecule has 2 rings (SSSR count). The van der Waals surface area contributed by atoms with Crippen molar-refractivity contribution >= 4 is 23.3 Å². The van der Waals surface area contributed by atoms with Crippen molar-refractivity contribution < 1.29 is 19.4 Å². The SMILES string of the molecule is COc1cc(C)ccc1Oc1c(Cl)cc(N)cc1C(=O)O. The van der Waals surface area contributed by atoms with Crippen molar-refractivity contribution in [2.45, 2.75) is 6.92 Å². The smallest absolute Gasteiger partial charge is 0.339 e. The summed E-state index contributed by atoms with van der Waals surface area (Å²) in [6.45, 7) is 1.91. The number of aromatic carboxylic acids is 1. The van der Waals surface area contributed by atoms with Gasteiger partial charge in [0.15, 0.2) is 17.2 Å². The maximum Gasteiger partial charge on any atom is 0.339 e. The molecule has 110 valence electrons. The van der Waals surface area contributed by atoms with Crippen molar-refractivity contribution in [3.8, 4) is 17.2 Å². The molecule has 0 saturated carbocycles. The summed E-state index contributed by atoms with van der Waals surface area (Å²) < 4.78 is 10.9. The maximum atomic E-state index is 11.3. The summed E-state index contributed by atoms with van der Waals surface area (Å²) in [6, 6.07) is 8.02. The Morgan fingerprint density at radius 2 is 1.95 bits per heavy atom. The van der Waals surface area contributed by atoms with Gasteiger partial charge < -0.3 is 20.3 Å². The number of carboxylic acids is 1. The molecule has 0 amide bonds. The van der Waals surface area contributed by atoms with E-state index in [0.29, 0.717) is 11.5 Å². The lowest BCUT2D eigenvalue weighted by molar-refractivity contribution is 0.0694. The summed E-state index contributed by atoms with van der Waals surface area (Å²) in [7, 11) is 1.50. The molecule has 0 unspecified atom stereocenters. The van der Waals surface area contributed by atoms with Gasteiger partial charge in [-0.1, -0.05) is 17.7 Å². The van der Waals surface area contributed by atoms with Gasteiger partial charge in [-0.3, -0.25) is 0 Å². The van der Waals surface area contributed by atoms with Gasteiger partial charge in [-0.05, 0) is 36.8 Å². The van der Waals surface area contributed by atoms with Crippen molar-refractivity contribution in [3.63, 3.8) is 0 Å². The van der Waals surface area contributed by atoms with Gasteiger partial charge in [0.25, 0.3) is 0 Å². The number of ether oxygens (including phenoxy) is 2. The van der Waals surface area contributed by atoms with Crippen LogP contribution >= 0.6 is 11.6 Å². The Kier molecular flexibility index (Phi) is 4.23. The lowest BCUT2D eigenvalue weighted by Crippen LogP contribution is -2.03. The summed E-state index contributed by atoms with van der Waals surface area (Å²) in [5, 5.41) is 9.36. The number of halogens is 1. The minimum absolute atomic E-state index is 0.0283. The monoisotopic (exact) mass is 307 g/mol. The Balaban J connectivity index is 2.51. The van der Waals surface area contributed by atoms with Crippen molar-refractivity contribution in [1.29, 1.82) is 0 Å². The highest BCUT2D eigenvalue weighted by molar-refractivity contribution is 6.33. The number of carbonyl (C=O) groups is 1. The van der Waals surface area contributed by atoms with Crippen LogP contribution in [-0.4, -0.2) is 18.2 Å². The van der Waals surface area contributed by atoms with Crippen LogP contribution in [0.4, 0.5) is 5.69 Å². The van der Waals surface area contributed by atoms with Crippen molar-refractivity contribution in [2.75, 3.05) is 12.8 Å². The predicted molar refractivity (Wildman–Crippen MR) is 80.6 cm³/mol. The van der Waals surface area contributed by atoms with E-state index < -0.39 is 5.97 Å². The number of nitrogen functional groups attached to an aromatic ring is 1. The van der Waals surface area contributed by atoms with Gasteiger partial charge >= 0.3 is 5.97 Å². The molecule has 0 spiro atoms. The zero-order valence-corrected chi connectivity index (χ0v) is 12.3. The Bertz CT molecular complexity index is 700. The summed E-state index contributed by atoms with van der Waals surface area (Å²) in [5.41, 5.74) is 6.74. The van der Waals surface area contributed by atoms with Crippen molar-refractivity contribution in [1.82, 2.24) is 0 Å². The van der Waals surface area contributed by atoms with E-state index in [1.54, 1.807) is 12.1 Å². The molecule has 0 bridgehead atoms. The highest BCUT2D eigenvalue weighted by atomic mass is 35.5. The van der Waals surface area contributed by atoms with Gasteiger partial charge in [0.1, 0.15) is 5.56 Å². The molecule has 0 saturated heterocycles. The maximum absolute atomic E-state index is 11.3. The van der Waals surface area contributed by atoms with E-state index >= 15 is 0 Å². The topological polar surface area (TPSA) is 81.8 Å². The Morgan fingerprint density at radius 1 is 1.24 bits per heavy atom. The van der Waals surface area contributed by atoms with E-state index in [-0.39, 0.29) is 22.0 Å². The van der Waals surface area contributed by atoms with Gasteiger partial charge in [0.05, 0.1) is 12.1 Å². The zero-order valence-electron chi connectivity index (χ0n) is 11.5. The summed E-state index contributed by atoms with van der Waals surface area (Å²) in [5.74, 6) is -0.290. The minimum Gasteiger partial charge on any atom is -0.493 e. The number of nitrogens with two attached hydrogens (primary N) is 1. The molecule has 6 heteroatoms. The molecule has 0 aliphatic carbocycles. The van der Waals surface area contributed by atoms with Gasteiger partial charge in [-0.2, -0.15) is 0 Å². The van der Waals surface area contributed by atoms with E-state index in [9.17, 15) is 9.90 Å². The molecule has 0 heterocycles. The second-order valence-corrected chi connectivity index (χ2v) is 4.85. The van der Waals surface area contributed by atoms with E-state index in [2.05, 4.69) is 0 Å². The second-order valence-electron chi connectivity index (χ2n) is 4.44. The summed E-state index contributed by atoms with van der Waals surface area (Å²) in [4.78, 5) is 11.3. The Morgan fingerprint density at radius 3 is 2.57 bits per heavy atom. The molecule has 0 radical (unpaired) electrons. The largest absolute Gasteiger partial charge is 0.493 e. The van der Waals surface area contributed by atoms with E-state index in [1.165, 1.54) is 19.2 Å². The molecule has 2 aromatic rings. The standard InChI is InChI=1S/C15H14ClNO4/c1-8-3-4-12(13(5-8)20-2)21-14-10(15(18)19)6-9(17)7-11(14)16/h3-7H,17H2,1-2H3,(H,18,19). The molecule has 0 fully saturated rings. The number of hydrogen-bond acceptors (Lipinski definition) is 4. The fraction of sp³-hybridized carbons (Fsp3) is 0.133. The third-order valence-corrected chi connectivity index (χ3v) is 3.11. The lowest BCUT2D eigenvalue weighted by atomic mass is 10.1. The fourth-order valence-electron chi connectivity index (χ4n) is 1.85. The van der Waals surface area contributed by atoms with Gasteiger partial charge in [-0.25, -0.2) is 4.79 Å². The Labute approximate surface area is 126 Å². The normalized spacial score (nSPS) is 10.2. The van der Waals surface area contributed by atoms with Crippen LogP contribution in [-0.2, 0) is 0 Å². The van der Waals surface area contributed by atoms with Crippen LogP contribution in [0.5, 0.6) is 17.2 Å². The van der Waals surface area contributed by atoms with Crippen LogP contribution in [0.15, 0.2) is 30.3 Å². The first-order valence-electron chi connectivity index (χ1n) is 6.07. The van der Waals surface area contributed by atoms with Gasteiger partial charge in [-0.15, -0.1) is 0 Å². The first-order chi connectivity index (χ1) is 9.92. The first-order valence-corrected chi connectivity index (χ1v) is 6.45. The van der Waals surface area contributed by atoms with Gasteiger partial charge in [0.2, 0.25) is 0 Å². The predicted octanol–water partition coefficient (Wildman–Crippen LogP) is 3.73. The number of carboxylic acid groups (broad SMARTS) is 1. The summed E-state index contributed by atoms with van der Waals surface area (Å²) >= 11 is 6.05. The Hall–Kier alpha value is -2.40. The average molecular weight is 308 g/mol. The third kappa shape index (κ3) is 3.20. The van der Waals surface area contributed by atoms with Crippen molar-refractivity contribution in [3.05, 3.63) is 46.5 Å². The molecule has 21 heavy (non-hydrogen) atoms. The number of rotatable bonds is 4. The minimum atomic E-state index is -1.18. The van der Waals surface area contributed by atoms with E-state index in [4.69, 9.17) is 26.8 Å². The average Bonchev–Trinajstić information content (AvgIpc) is 2.42.